The standard InChI is InChI=1S/C20H22N4O/c1-3-25-16-10-8-15(9-11-16)18-12-19(17-7-5-4-6-14(17)2)24-20(23-18)21-13-22-24/h4-11,13,18-19H,3,12H2,1-2H3,(H,21,22,23)/t18-,19+/m1/s1. The lowest BCUT2D eigenvalue weighted by Gasteiger charge is -2.32. The van der Waals surface area contributed by atoms with Gasteiger partial charge in [0, 0.05) is 0 Å². The zero-order chi connectivity index (χ0) is 17.2. The minimum absolute atomic E-state index is 0.177. The van der Waals surface area contributed by atoms with E-state index < -0.39 is 0 Å². The Kier molecular flexibility index (Phi) is 4.14. The Hall–Kier alpha value is -2.82. The average Bonchev–Trinajstić information content (AvgIpc) is 3.11. The molecule has 0 saturated carbocycles. The number of aromatic nitrogens is 3. The quantitative estimate of drug-likeness (QED) is 0.779. The van der Waals surface area contributed by atoms with Crippen molar-refractivity contribution in [2.45, 2.75) is 32.4 Å². The van der Waals surface area contributed by atoms with Crippen LogP contribution >= 0.6 is 0 Å². The number of anilines is 1. The molecule has 128 valence electrons. The molecule has 2 atom stereocenters. The molecule has 1 N–H and O–H groups in total. The van der Waals surface area contributed by atoms with Crippen LogP contribution in [0.25, 0.3) is 0 Å². The van der Waals surface area contributed by atoms with Crippen LogP contribution in [-0.2, 0) is 0 Å². The van der Waals surface area contributed by atoms with E-state index in [9.17, 15) is 0 Å². The first-order chi connectivity index (χ1) is 12.3. The van der Waals surface area contributed by atoms with Crippen LogP contribution < -0.4 is 10.1 Å². The van der Waals surface area contributed by atoms with Gasteiger partial charge >= 0.3 is 0 Å². The monoisotopic (exact) mass is 334 g/mol. The lowest BCUT2D eigenvalue weighted by molar-refractivity contribution is 0.340. The Morgan fingerprint density at radius 1 is 1.16 bits per heavy atom. The van der Waals surface area contributed by atoms with Crippen molar-refractivity contribution in [1.29, 1.82) is 0 Å². The fourth-order valence-corrected chi connectivity index (χ4v) is 3.52. The second-order valence-electron chi connectivity index (χ2n) is 6.34. The number of aryl methyl sites for hydroxylation is 1. The van der Waals surface area contributed by atoms with Gasteiger partial charge < -0.3 is 10.1 Å². The zero-order valence-corrected chi connectivity index (χ0v) is 14.5. The maximum atomic E-state index is 5.55. The van der Waals surface area contributed by atoms with E-state index in [-0.39, 0.29) is 12.1 Å². The summed E-state index contributed by atoms with van der Waals surface area (Å²) in [7, 11) is 0. The third-order valence-electron chi connectivity index (χ3n) is 4.77. The fourth-order valence-electron chi connectivity index (χ4n) is 3.52. The molecular weight excluding hydrogens is 312 g/mol. The van der Waals surface area contributed by atoms with Gasteiger partial charge in [-0.25, -0.2) is 4.68 Å². The number of nitrogens with zero attached hydrogens (tertiary/aromatic N) is 3. The van der Waals surface area contributed by atoms with Gasteiger partial charge in [0.2, 0.25) is 5.95 Å². The van der Waals surface area contributed by atoms with Crippen LogP contribution in [0.1, 0.15) is 42.1 Å². The molecule has 0 unspecified atom stereocenters. The van der Waals surface area contributed by atoms with E-state index in [0.29, 0.717) is 6.61 Å². The van der Waals surface area contributed by atoms with E-state index in [0.717, 1.165) is 18.1 Å². The Labute approximate surface area is 147 Å². The second kappa shape index (κ2) is 6.59. The van der Waals surface area contributed by atoms with Crippen LogP contribution in [0, 0.1) is 6.92 Å². The van der Waals surface area contributed by atoms with Crippen LogP contribution in [0.3, 0.4) is 0 Å². The molecule has 0 fully saturated rings. The zero-order valence-electron chi connectivity index (χ0n) is 14.5. The van der Waals surface area contributed by atoms with Crippen molar-refractivity contribution in [3.63, 3.8) is 0 Å². The van der Waals surface area contributed by atoms with Gasteiger partial charge in [-0.15, -0.1) is 0 Å². The molecule has 1 aliphatic rings. The van der Waals surface area contributed by atoms with Crippen molar-refractivity contribution < 1.29 is 4.74 Å². The highest BCUT2D eigenvalue weighted by Gasteiger charge is 2.30. The van der Waals surface area contributed by atoms with Crippen LogP contribution in [0.4, 0.5) is 5.95 Å². The van der Waals surface area contributed by atoms with Gasteiger partial charge in [-0.05, 0) is 49.1 Å². The van der Waals surface area contributed by atoms with Crippen molar-refractivity contribution in [2.75, 3.05) is 11.9 Å². The topological polar surface area (TPSA) is 52.0 Å². The van der Waals surface area contributed by atoms with Crippen molar-refractivity contribution in [2.24, 2.45) is 0 Å². The predicted molar refractivity (Wildman–Crippen MR) is 97.9 cm³/mol. The molecule has 25 heavy (non-hydrogen) atoms. The highest BCUT2D eigenvalue weighted by molar-refractivity contribution is 5.41. The van der Waals surface area contributed by atoms with Crippen molar-refractivity contribution in [3.05, 3.63) is 71.5 Å². The van der Waals surface area contributed by atoms with Gasteiger partial charge in [0.1, 0.15) is 12.1 Å². The maximum Gasteiger partial charge on any atom is 0.222 e. The largest absolute Gasteiger partial charge is 0.494 e. The summed E-state index contributed by atoms with van der Waals surface area (Å²) in [4.78, 5) is 4.40. The molecule has 0 spiro atoms. The highest BCUT2D eigenvalue weighted by atomic mass is 16.5. The molecule has 4 rings (SSSR count). The lowest BCUT2D eigenvalue weighted by Crippen LogP contribution is -2.28. The molecule has 0 bridgehead atoms. The Bertz CT molecular complexity index is 856. The Morgan fingerprint density at radius 3 is 2.72 bits per heavy atom. The summed E-state index contributed by atoms with van der Waals surface area (Å²) in [6.07, 6.45) is 2.55. The lowest BCUT2D eigenvalue weighted by atomic mass is 9.91. The molecule has 1 aliphatic heterocycles. The number of fused-ring (bicyclic) bond motifs is 1. The van der Waals surface area contributed by atoms with Crippen molar-refractivity contribution in [3.8, 4) is 5.75 Å². The van der Waals surface area contributed by atoms with E-state index in [4.69, 9.17) is 4.74 Å². The summed E-state index contributed by atoms with van der Waals surface area (Å²) in [5.41, 5.74) is 3.81. The molecule has 0 aliphatic carbocycles. The summed E-state index contributed by atoms with van der Waals surface area (Å²) in [5.74, 6) is 1.72. The normalized spacial score (nSPS) is 19.1. The Balaban J connectivity index is 1.67. The number of benzene rings is 2. The molecule has 1 aromatic heterocycles. The average molecular weight is 334 g/mol. The number of ether oxygens (including phenoxy) is 1. The second-order valence-corrected chi connectivity index (χ2v) is 6.34. The summed E-state index contributed by atoms with van der Waals surface area (Å²) >= 11 is 0. The van der Waals surface area contributed by atoms with Gasteiger partial charge in [0.05, 0.1) is 18.7 Å². The summed E-state index contributed by atoms with van der Waals surface area (Å²) in [6, 6.07) is 17.2. The summed E-state index contributed by atoms with van der Waals surface area (Å²) < 4.78 is 7.54. The van der Waals surface area contributed by atoms with Gasteiger partial charge in [0.25, 0.3) is 0 Å². The van der Waals surface area contributed by atoms with E-state index >= 15 is 0 Å². The first kappa shape index (κ1) is 15.7. The number of rotatable bonds is 4. The Morgan fingerprint density at radius 2 is 1.96 bits per heavy atom. The van der Waals surface area contributed by atoms with Crippen molar-refractivity contribution in [1.82, 2.24) is 14.8 Å². The van der Waals surface area contributed by atoms with Gasteiger partial charge in [-0.3, -0.25) is 0 Å². The smallest absolute Gasteiger partial charge is 0.222 e. The number of nitrogens with one attached hydrogen (secondary N) is 1. The summed E-state index contributed by atoms with van der Waals surface area (Å²) in [5, 5.41) is 7.96. The van der Waals surface area contributed by atoms with E-state index in [1.165, 1.54) is 16.7 Å². The van der Waals surface area contributed by atoms with Crippen molar-refractivity contribution >= 4 is 5.95 Å². The third kappa shape index (κ3) is 2.97. The minimum atomic E-state index is 0.177. The highest BCUT2D eigenvalue weighted by Crippen LogP contribution is 2.38. The molecule has 0 amide bonds. The van der Waals surface area contributed by atoms with E-state index in [1.807, 2.05) is 23.7 Å². The van der Waals surface area contributed by atoms with E-state index in [2.05, 4.69) is 58.7 Å². The number of hydrogen-bond donors (Lipinski definition) is 1. The van der Waals surface area contributed by atoms with Gasteiger partial charge in [-0.2, -0.15) is 10.1 Å². The molecule has 0 saturated heterocycles. The summed E-state index contributed by atoms with van der Waals surface area (Å²) in [6.45, 7) is 4.83. The van der Waals surface area contributed by atoms with Gasteiger partial charge in [0.15, 0.2) is 0 Å². The van der Waals surface area contributed by atoms with Crippen LogP contribution in [0.15, 0.2) is 54.9 Å². The molecule has 0 radical (unpaired) electrons. The first-order valence-electron chi connectivity index (χ1n) is 8.70. The van der Waals surface area contributed by atoms with Crippen LogP contribution in [0.2, 0.25) is 0 Å². The first-order valence-corrected chi connectivity index (χ1v) is 8.70. The predicted octanol–water partition coefficient (Wildman–Crippen LogP) is 4.13. The van der Waals surface area contributed by atoms with Gasteiger partial charge in [-0.1, -0.05) is 36.4 Å². The molecule has 2 heterocycles. The maximum absolute atomic E-state index is 5.55. The third-order valence-corrected chi connectivity index (χ3v) is 4.77. The van der Waals surface area contributed by atoms with Crippen LogP contribution in [-0.4, -0.2) is 21.4 Å². The molecule has 5 heteroatoms. The minimum Gasteiger partial charge on any atom is -0.494 e. The van der Waals surface area contributed by atoms with E-state index in [1.54, 1.807) is 6.33 Å². The molecular formula is C20H22N4O. The molecule has 5 nitrogen and oxygen atoms in total. The fraction of sp³-hybridized carbons (Fsp3) is 0.300. The molecule has 2 aromatic carbocycles. The number of hydrogen-bond acceptors (Lipinski definition) is 4. The van der Waals surface area contributed by atoms with Crippen LogP contribution in [0.5, 0.6) is 5.75 Å². The SMILES string of the molecule is CCOc1ccc([C@H]2C[C@@H](c3ccccc3C)n3ncnc3N2)cc1. The molecule has 3 aromatic rings.